The van der Waals surface area contributed by atoms with E-state index in [-0.39, 0.29) is 17.9 Å². The summed E-state index contributed by atoms with van der Waals surface area (Å²) in [5, 5.41) is 18.7. The summed E-state index contributed by atoms with van der Waals surface area (Å²) < 4.78 is 0. The van der Waals surface area contributed by atoms with Crippen LogP contribution in [0, 0.1) is 11.3 Å². The smallest absolute Gasteiger partial charge is 0.303 e. The largest absolute Gasteiger partial charge is 0.481 e. The molecule has 0 aliphatic heterocycles. The van der Waals surface area contributed by atoms with Gasteiger partial charge in [-0.25, -0.2) is 0 Å². The van der Waals surface area contributed by atoms with Crippen LogP contribution in [0.5, 0.6) is 0 Å². The molecule has 0 aromatic carbocycles. The lowest BCUT2D eigenvalue weighted by Crippen LogP contribution is -2.60. The van der Waals surface area contributed by atoms with Crippen LogP contribution in [0.25, 0.3) is 0 Å². The number of carboxylic acid groups (broad SMARTS) is 1. The second-order valence-corrected chi connectivity index (χ2v) is 4.79. The van der Waals surface area contributed by atoms with Crippen molar-refractivity contribution in [3.63, 3.8) is 0 Å². The maximum Gasteiger partial charge on any atom is 0.303 e. The van der Waals surface area contributed by atoms with Crippen LogP contribution in [-0.4, -0.2) is 28.3 Å². The highest BCUT2D eigenvalue weighted by Gasteiger charge is 2.52. The lowest BCUT2D eigenvalue weighted by atomic mass is 9.55. The number of carboxylic acids is 1. The number of carbonyl (C=O) groups is 1. The van der Waals surface area contributed by atoms with Crippen LogP contribution in [0.4, 0.5) is 0 Å². The van der Waals surface area contributed by atoms with Gasteiger partial charge in [0.1, 0.15) is 0 Å². The minimum absolute atomic E-state index is 0.109. The first kappa shape index (κ1) is 9.93. The highest BCUT2D eigenvalue weighted by Crippen LogP contribution is 2.51. The minimum atomic E-state index is -0.798. The van der Waals surface area contributed by atoms with E-state index >= 15 is 0 Å². The van der Waals surface area contributed by atoms with E-state index < -0.39 is 12.1 Å². The summed E-state index contributed by atoms with van der Waals surface area (Å²) in [5.74, 6) is -0.492. The number of hydrogen-bond acceptors (Lipinski definition) is 3. The molecule has 4 heteroatoms. The first-order valence-electron chi connectivity index (χ1n) is 5.21. The van der Waals surface area contributed by atoms with E-state index in [1.165, 1.54) is 0 Å². The fourth-order valence-corrected chi connectivity index (χ4v) is 3.14. The van der Waals surface area contributed by atoms with Gasteiger partial charge in [0, 0.05) is 6.04 Å². The van der Waals surface area contributed by atoms with Crippen LogP contribution < -0.4 is 5.73 Å². The maximum absolute atomic E-state index is 10.8. The number of aliphatic carboxylic acids is 1. The molecule has 0 aromatic rings. The molecule has 80 valence electrons. The second kappa shape index (κ2) is 3.21. The first-order chi connectivity index (χ1) is 6.55. The zero-order valence-corrected chi connectivity index (χ0v) is 8.15. The molecule has 3 fully saturated rings. The molecule has 4 nitrogen and oxygen atoms in total. The Kier molecular flexibility index (Phi) is 2.27. The van der Waals surface area contributed by atoms with Gasteiger partial charge < -0.3 is 15.9 Å². The Labute approximate surface area is 83.1 Å². The Bertz CT molecular complexity index is 246. The monoisotopic (exact) mass is 199 g/mol. The number of aliphatic hydroxyl groups is 1. The summed E-state index contributed by atoms with van der Waals surface area (Å²) in [6.45, 7) is 0. The van der Waals surface area contributed by atoms with Crippen molar-refractivity contribution in [1.82, 2.24) is 0 Å². The third-order valence-electron chi connectivity index (χ3n) is 4.09. The van der Waals surface area contributed by atoms with Crippen molar-refractivity contribution in [3.05, 3.63) is 0 Å². The van der Waals surface area contributed by atoms with Gasteiger partial charge >= 0.3 is 5.97 Å². The first-order valence-corrected chi connectivity index (χ1v) is 5.21. The fraction of sp³-hybridized carbons (Fsp3) is 0.900. The molecule has 14 heavy (non-hydrogen) atoms. The highest BCUT2D eigenvalue weighted by molar-refractivity contribution is 5.68. The van der Waals surface area contributed by atoms with Gasteiger partial charge in [0.15, 0.2) is 0 Å². The summed E-state index contributed by atoms with van der Waals surface area (Å²) >= 11 is 0. The molecular weight excluding hydrogens is 182 g/mol. The molecule has 0 saturated heterocycles. The van der Waals surface area contributed by atoms with Gasteiger partial charge in [0.2, 0.25) is 0 Å². The lowest BCUT2D eigenvalue weighted by Gasteiger charge is -2.53. The van der Waals surface area contributed by atoms with Crippen LogP contribution >= 0.6 is 0 Å². The third kappa shape index (κ3) is 1.33. The van der Waals surface area contributed by atoms with E-state index in [0.717, 1.165) is 25.7 Å². The van der Waals surface area contributed by atoms with Crippen molar-refractivity contribution in [2.45, 2.75) is 44.2 Å². The molecule has 0 heterocycles. The van der Waals surface area contributed by atoms with Crippen molar-refractivity contribution < 1.29 is 15.0 Å². The predicted molar refractivity (Wildman–Crippen MR) is 50.6 cm³/mol. The predicted octanol–water partition coefficient (Wildman–Crippen LogP) is 0.339. The zero-order chi connectivity index (χ0) is 10.3. The van der Waals surface area contributed by atoms with Crippen molar-refractivity contribution >= 4 is 5.97 Å². The molecule has 3 saturated carbocycles. The van der Waals surface area contributed by atoms with E-state index in [1.807, 2.05) is 0 Å². The Morgan fingerprint density at radius 2 is 2.00 bits per heavy atom. The molecule has 2 unspecified atom stereocenters. The fourth-order valence-electron chi connectivity index (χ4n) is 3.14. The van der Waals surface area contributed by atoms with Crippen molar-refractivity contribution in [2.75, 3.05) is 0 Å². The van der Waals surface area contributed by atoms with Gasteiger partial charge in [-0.2, -0.15) is 0 Å². The van der Waals surface area contributed by atoms with Crippen LogP contribution in [0.15, 0.2) is 0 Å². The number of aliphatic hydroxyl groups excluding tert-OH is 1. The molecule has 2 atom stereocenters. The van der Waals surface area contributed by atoms with Gasteiger partial charge in [-0.3, -0.25) is 4.79 Å². The van der Waals surface area contributed by atoms with E-state index in [1.54, 1.807) is 0 Å². The SMILES string of the molecule is NC1C(O)C2CCC1(CC(=O)O)CC2. The highest BCUT2D eigenvalue weighted by atomic mass is 16.4. The Hall–Kier alpha value is -0.610. The van der Waals surface area contributed by atoms with E-state index in [4.69, 9.17) is 10.8 Å². The number of nitrogens with two attached hydrogens (primary N) is 1. The van der Waals surface area contributed by atoms with Gasteiger partial charge in [0.25, 0.3) is 0 Å². The molecule has 3 rings (SSSR count). The molecule has 3 aliphatic rings. The Balaban J connectivity index is 2.19. The Morgan fingerprint density at radius 1 is 1.43 bits per heavy atom. The van der Waals surface area contributed by atoms with Crippen molar-refractivity contribution in [1.29, 1.82) is 0 Å². The standard InChI is InChI=1S/C10H17NO3/c11-9-8(14)6-1-3-10(9,4-2-6)5-7(12)13/h6,8-9,14H,1-5,11H2,(H,12,13). The third-order valence-corrected chi connectivity index (χ3v) is 4.09. The van der Waals surface area contributed by atoms with Crippen molar-refractivity contribution in [3.8, 4) is 0 Å². The molecule has 4 N–H and O–H groups in total. The average molecular weight is 199 g/mol. The summed E-state index contributed by atoms with van der Waals surface area (Å²) in [6, 6.07) is -0.342. The molecule has 0 radical (unpaired) electrons. The molecule has 2 bridgehead atoms. The normalized spacial score (nSPS) is 46.6. The number of rotatable bonds is 2. The number of fused-ring (bicyclic) bond motifs is 3. The molecule has 0 aromatic heterocycles. The van der Waals surface area contributed by atoms with E-state index in [9.17, 15) is 9.90 Å². The summed E-state index contributed by atoms with van der Waals surface area (Å²) in [5.41, 5.74) is 5.60. The second-order valence-electron chi connectivity index (χ2n) is 4.79. The molecule has 0 spiro atoms. The Morgan fingerprint density at radius 3 is 2.50 bits per heavy atom. The van der Waals surface area contributed by atoms with Gasteiger partial charge in [-0.1, -0.05) is 0 Å². The van der Waals surface area contributed by atoms with Crippen molar-refractivity contribution in [2.24, 2.45) is 17.1 Å². The van der Waals surface area contributed by atoms with Crippen LogP contribution in [0.1, 0.15) is 32.1 Å². The zero-order valence-electron chi connectivity index (χ0n) is 8.15. The maximum atomic E-state index is 10.8. The quantitative estimate of drug-likeness (QED) is 0.598. The lowest BCUT2D eigenvalue weighted by molar-refractivity contribution is -0.146. The van der Waals surface area contributed by atoms with Gasteiger partial charge in [-0.15, -0.1) is 0 Å². The van der Waals surface area contributed by atoms with Crippen LogP contribution in [0.2, 0.25) is 0 Å². The molecular formula is C10H17NO3. The van der Waals surface area contributed by atoms with E-state index in [0.29, 0.717) is 5.92 Å². The van der Waals surface area contributed by atoms with Crippen LogP contribution in [0.3, 0.4) is 0 Å². The average Bonchev–Trinajstić information content (AvgIpc) is 2.13. The summed E-state index contributed by atoms with van der Waals surface area (Å²) in [4.78, 5) is 10.8. The van der Waals surface area contributed by atoms with E-state index in [2.05, 4.69) is 0 Å². The van der Waals surface area contributed by atoms with Gasteiger partial charge in [-0.05, 0) is 37.0 Å². The number of hydrogen-bond donors (Lipinski definition) is 3. The topological polar surface area (TPSA) is 83.5 Å². The minimum Gasteiger partial charge on any atom is -0.481 e. The van der Waals surface area contributed by atoms with Crippen LogP contribution in [-0.2, 0) is 4.79 Å². The summed E-state index contributed by atoms with van der Waals surface area (Å²) in [7, 11) is 0. The molecule has 0 amide bonds. The molecule has 3 aliphatic carbocycles. The summed E-state index contributed by atoms with van der Waals surface area (Å²) in [6.07, 6.45) is 3.21. The van der Waals surface area contributed by atoms with Gasteiger partial charge in [0.05, 0.1) is 12.5 Å².